The molecule has 0 aliphatic carbocycles. The number of rotatable bonds is 3. The summed E-state index contributed by atoms with van der Waals surface area (Å²) in [6.45, 7) is 0. The lowest BCUT2D eigenvalue weighted by Crippen LogP contribution is -2.06. The topological polar surface area (TPSA) is 38.1 Å². The van der Waals surface area contributed by atoms with Gasteiger partial charge in [0.15, 0.2) is 5.13 Å². The van der Waals surface area contributed by atoms with Gasteiger partial charge in [0.2, 0.25) is 0 Å². The van der Waals surface area contributed by atoms with E-state index < -0.39 is 11.7 Å². The first-order valence-corrected chi connectivity index (χ1v) is 8.62. The van der Waals surface area contributed by atoms with Crippen molar-refractivity contribution in [1.29, 1.82) is 0 Å². The van der Waals surface area contributed by atoms with Gasteiger partial charge in [-0.15, -0.1) is 0 Å². The molecule has 0 saturated carbocycles. The summed E-state index contributed by atoms with van der Waals surface area (Å²) in [5, 5.41) is 3.80. The molecular formula is C19H13F3N2OS. The van der Waals surface area contributed by atoms with Crippen molar-refractivity contribution >= 4 is 26.7 Å². The number of thiazole rings is 1. The van der Waals surface area contributed by atoms with Gasteiger partial charge in [-0.1, -0.05) is 29.5 Å². The molecule has 132 valence electrons. The van der Waals surface area contributed by atoms with Crippen LogP contribution in [-0.4, -0.2) is 12.0 Å². The summed E-state index contributed by atoms with van der Waals surface area (Å²) < 4.78 is 46.4. The fraction of sp³-hybridized carbons (Fsp3) is 0.105. The van der Waals surface area contributed by atoms with E-state index in [0.717, 1.165) is 27.0 Å². The second kappa shape index (κ2) is 6.17. The predicted octanol–water partition coefficient (Wildman–Crippen LogP) is 6.28. The van der Waals surface area contributed by atoms with E-state index >= 15 is 0 Å². The number of alkyl halides is 3. The van der Waals surface area contributed by atoms with Crippen LogP contribution in [0.5, 0.6) is 0 Å². The first kappa shape index (κ1) is 16.7. The molecule has 0 radical (unpaired) electrons. The third-order valence-corrected chi connectivity index (χ3v) is 5.04. The van der Waals surface area contributed by atoms with Gasteiger partial charge < -0.3 is 9.73 Å². The first-order valence-electron chi connectivity index (χ1n) is 7.81. The molecule has 0 aliphatic rings. The van der Waals surface area contributed by atoms with E-state index in [1.165, 1.54) is 23.5 Å². The van der Waals surface area contributed by atoms with Gasteiger partial charge in [0.05, 0.1) is 15.8 Å². The Hall–Kier alpha value is -2.80. The molecule has 2 aromatic carbocycles. The monoisotopic (exact) mass is 374 g/mol. The van der Waals surface area contributed by atoms with Crippen LogP contribution in [-0.2, 0) is 6.18 Å². The van der Waals surface area contributed by atoms with Crippen LogP contribution in [0.1, 0.15) is 5.56 Å². The number of furan rings is 1. The fourth-order valence-corrected chi connectivity index (χ4v) is 3.57. The molecule has 0 aliphatic heterocycles. The average molecular weight is 374 g/mol. The summed E-state index contributed by atoms with van der Waals surface area (Å²) >= 11 is 1.53. The van der Waals surface area contributed by atoms with Crippen LogP contribution < -0.4 is 5.32 Å². The van der Waals surface area contributed by atoms with Gasteiger partial charge in [0, 0.05) is 18.2 Å². The van der Waals surface area contributed by atoms with Gasteiger partial charge >= 0.3 is 6.18 Å². The minimum absolute atomic E-state index is 0.0263. The Morgan fingerprint density at radius 2 is 1.77 bits per heavy atom. The van der Waals surface area contributed by atoms with E-state index in [4.69, 9.17) is 4.42 Å². The zero-order valence-corrected chi connectivity index (χ0v) is 14.4. The summed E-state index contributed by atoms with van der Waals surface area (Å²) in [6.07, 6.45) is -4.44. The maximum absolute atomic E-state index is 13.2. The van der Waals surface area contributed by atoms with Crippen LogP contribution in [0.25, 0.3) is 32.9 Å². The van der Waals surface area contributed by atoms with E-state index in [9.17, 15) is 13.2 Å². The Labute approximate surface area is 151 Å². The van der Waals surface area contributed by atoms with Crippen LogP contribution in [0.3, 0.4) is 0 Å². The maximum atomic E-state index is 13.2. The quantitative estimate of drug-likeness (QED) is 0.458. The summed E-state index contributed by atoms with van der Waals surface area (Å²) in [5.74, 6) is 0.681. The van der Waals surface area contributed by atoms with Gasteiger partial charge in [-0.2, -0.15) is 13.2 Å². The highest BCUT2D eigenvalue weighted by atomic mass is 32.1. The number of hydrogen-bond donors (Lipinski definition) is 1. The predicted molar refractivity (Wildman–Crippen MR) is 97.3 cm³/mol. The number of fused-ring (bicyclic) bond motifs is 1. The number of aromatic nitrogens is 1. The SMILES string of the molecule is CNc1nc2cc(-c3ccc(-c4ccccc4C(F)(F)F)o3)ccc2s1. The number of hydrogen-bond acceptors (Lipinski definition) is 4. The highest BCUT2D eigenvalue weighted by Crippen LogP contribution is 2.39. The average Bonchev–Trinajstić information content (AvgIpc) is 3.27. The molecule has 26 heavy (non-hydrogen) atoms. The Kier molecular flexibility index (Phi) is 3.96. The summed E-state index contributed by atoms with van der Waals surface area (Å²) in [7, 11) is 1.80. The van der Waals surface area contributed by atoms with Crippen LogP contribution >= 0.6 is 11.3 Å². The molecule has 0 unspecified atom stereocenters. The Morgan fingerprint density at radius 3 is 2.54 bits per heavy atom. The van der Waals surface area contributed by atoms with Gasteiger partial charge in [0.1, 0.15) is 11.5 Å². The van der Waals surface area contributed by atoms with Gasteiger partial charge in [-0.25, -0.2) is 4.98 Å². The zero-order chi connectivity index (χ0) is 18.3. The smallest absolute Gasteiger partial charge is 0.417 e. The number of anilines is 1. The second-order valence-electron chi connectivity index (χ2n) is 5.66. The van der Waals surface area contributed by atoms with Gasteiger partial charge in [-0.3, -0.25) is 0 Å². The highest BCUT2D eigenvalue weighted by Gasteiger charge is 2.34. The number of nitrogens with zero attached hydrogens (tertiary/aromatic N) is 1. The highest BCUT2D eigenvalue weighted by molar-refractivity contribution is 7.22. The number of halogens is 3. The number of benzene rings is 2. The summed E-state index contributed by atoms with van der Waals surface area (Å²) in [4.78, 5) is 4.45. The third-order valence-electron chi connectivity index (χ3n) is 3.99. The maximum Gasteiger partial charge on any atom is 0.417 e. The molecule has 0 saturated heterocycles. The summed E-state index contributed by atoms with van der Waals surface area (Å²) in [6, 6.07) is 14.3. The summed E-state index contributed by atoms with van der Waals surface area (Å²) in [5.41, 5.74) is 0.889. The van der Waals surface area contributed by atoms with E-state index in [2.05, 4.69) is 10.3 Å². The van der Waals surface area contributed by atoms with E-state index in [1.54, 1.807) is 25.2 Å². The lowest BCUT2D eigenvalue weighted by Gasteiger charge is -2.10. The van der Waals surface area contributed by atoms with Crippen molar-refractivity contribution in [2.24, 2.45) is 0 Å². The van der Waals surface area contributed by atoms with Crippen molar-refractivity contribution < 1.29 is 17.6 Å². The molecule has 0 amide bonds. The zero-order valence-electron chi connectivity index (χ0n) is 13.6. The van der Waals surface area contributed by atoms with Crippen LogP contribution in [0.4, 0.5) is 18.3 Å². The second-order valence-corrected chi connectivity index (χ2v) is 6.69. The Bertz CT molecular complexity index is 1080. The minimum atomic E-state index is -4.44. The molecule has 0 spiro atoms. The molecule has 4 aromatic rings. The van der Waals surface area contributed by atoms with Crippen molar-refractivity contribution in [3.05, 3.63) is 60.2 Å². The van der Waals surface area contributed by atoms with Crippen molar-refractivity contribution in [2.45, 2.75) is 6.18 Å². The van der Waals surface area contributed by atoms with Crippen molar-refractivity contribution in [2.75, 3.05) is 12.4 Å². The van der Waals surface area contributed by atoms with Crippen molar-refractivity contribution in [3.8, 4) is 22.6 Å². The van der Waals surface area contributed by atoms with E-state index in [0.29, 0.717) is 5.76 Å². The molecule has 3 nitrogen and oxygen atoms in total. The standard InChI is InChI=1S/C19H13F3N2OS/c1-23-18-24-14-10-11(6-9-17(14)26-18)15-7-8-16(25-15)12-4-2-3-5-13(12)19(20,21)22/h2-10H,1H3,(H,23,24). The van der Waals surface area contributed by atoms with Crippen LogP contribution in [0.15, 0.2) is 59.0 Å². The fourth-order valence-electron chi connectivity index (χ4n) is 2.77. The van der Waals surface area contributed by atoms with Gasteiger partial charge in [0.25, 0.3) is 0 Å². The Balaban J connectivity index is 1.75. The minimum Gasteiger partial charge on any atom is -0.456 e. The molecule has 2 aromatic heterocycles. The molecule has 0 fully saturated rings. The van der Waals surface area contributed by atoms with Crippen molar-refractivity contribution in [1.82, 2.24) is 4.98 Å². The molecule has 1 N–H and O–H groups in total. The molecule has 0 atom stereocenters. The third kappa shape index (κ3) is 2.94. The van der Waals surface area contributed by atoms with Crippen LogP contribution in [0.2, 0.25) is 0 Å². The van der Waals surface area contributed by atoms with E-state index in [-0.39, 0.29) is 11.3 Å². The van der Waals surface area contributed by atoms with E-state index in [1.807, 2.05) is 18.2 Å². The molecule has 4 rings (SSSR count). The normalized spacial score (nSPS) is 11.8. The van der Waals surface area contributed by atoms with Gasteiger partial charge in [-0.05, 0) is 36.4 Å². The van der Waals surface area contributed by atoms with Crippen LogP contribution in [0, 0.1) is 0 Å². The lowest BCUT2D eigenvalue weighted by molar-refractivity contribution is -0.137. The first-order chi connectivity index (χ1) is 12.5. The molecular weight excluding hydrogens is 361 g/mol. The molecule has 7 heteroatoms. The Morgan fingerprint density at radius 1 is 1.00 bits per heavy atom. The van der Waals surface area contributed by atoms with Crippen molar-refractivity contribution in [3.63, 3.8) is 0 Å². The molecule has 2 heterocycles. The lowest BCUT2D eigenvalue weighted by atomic mass is 10.1. The largest absolute Gasteiger partial charge is 0.456 e. The number of nitrogens with one attached hydrogen (secondary N) is 1. The molecule has 0 bridgehead atoms.